The number of hydrogen-bond donors (Lipinski definition) is 0. The fourth-order valence-electron chi connectivity index (χ4n) is 0.896. The van der Waals surface area contributed by atoms with E-state index >= 15 is 0 Å². The van der Waals surface area contributed by atoms with E-state index in [9.17, 15) is 0 Å². The quantitative estimate of drug-likeness (QED) is 0.339. The summed E-state index contributed by atoms with van der Waals surface area (Å²) in [7, 11) is 0. The van der Waals surface area contributed by atoms with E-state index in [1.165, 1.54) is 19.1 Å². The molecule has 0 atom stereocenters. The minimum Gasteiger partial charge on any atom is -0.347 e. The molecule has 0 bridgehead atoms. The Morgan fingerprint density at radius 1 is 1.40 bits per heavy atom. The van der Waals surface area contributed by atoms with Crippen LogP contribution in [0.3, 0.4) is 0 Å². The third-order valence-electron chi connectivity index (χ3n) is 1.37. The topological polar surface area (TPSA) is 37.2 Å². The first-order chi connectivity index (χ1) is 4.93. The van der Waals surface area contributed by atoms with Gasteiger partial charge in [0.15, 0.2) is 0 Å². The van der Waals surface area contributed by atoms with E-state index in [1.807, 2.05) is 5.01 Å². The molecule has 0 saturated carbocycles. The lowest BCUT2D eigenvalue weighted by atomic mass is 10.4. The van der Waals surface area contributed by atoms with Crippen molar-refractivity contribution in [3.8, 4) is 0 Å². The zero-order valence-electron chi connectivity index (χ0n) is 5.86. The average molecular weight is 141 g/mol. The average Bonchev–Trinajstić information content (AvgIpc) is 2.41. The molecule has 4 nitrogen and oxygen atoms in total. The van der Waals surface area contributed by atoms with Crippen LogP contribution in [-0.2, 0) is 4.84 Å². The molecule has 10 heavy (non-hydrogen) atoms. The summed E-state index contributed by atoms with van der Waals surface area (Å²) in [5, 5.41) is 9.06. The molecule has 1 fully saturated rings. The zero-order valence-corrected chi connectivity index (χ0v) is 5.86. The van der Waals surface area contributed by atoms with E-state index in [2.05, 4.69) is 21.9 Å². The number of rotatable bonds is 3. The van der Waals surface area contributed by atoms with E-state index in [1.54, 1.807) is 0 Å². The lowest BCUT2D eigenvalue weighted by molar-refractivity contribution is 0.187. The number of nitrogens with zero attached hydrogens (tertiary/aromatic N) is 3. The van der Waals surface area contributed by atoms with Crippen LogP contribution in [0.2, 0.25) is 0 Å². The zero-order chi connectivity index (χ0) is 7.23. The summed E-state index contributed by atoms with van der Waals surface area (Å²) in [4.78, 5) is 4.48. The lowest BCUT2D eigenvalue weighted by Gasteiger charge is -2.04. The van der Waals surface area contributed by atoms with Crippen LogP contribution in [0.15, 0.2) is 23.3 Å². The van der Waals surface area contributed by atoms with Crippen molar-refractivity contribution in [1.29, 1.82) is 0 Å². The van der Waals surface area contributed by atoms with E-state index in [0.717, 1.165) is 13.1 Å². The third-order valence-corrected chi connectivity index (χ3v) is 1.37. The largest absolute Gasteiger partial charge is 0.347 e. The molecule has 0 aromatic rings. The highest BCUT2D eigenvalue weighted by Gasteiger charge is 2.07. The lowest BCUT2D eigenvalue weighted by Crippen LogP contribution is -2.09. The van der Waals surface area contributed by atoms with E-state index in [0.29, 0.717) is 0 Å². The van der Waals surface area contributed by atoms with Gasteiger partial charge < -0.3 is 4.84 Å². The van der Waals surface area contributed by atoms with Gasteiger partial charge in [-0.25, -0.2) is 0 Å². The van der Waals surface area contributed by atoms with Gasteiger partial charge in [0.2, 0.25) is 0 Å². The molecule has 0 spiro atoms. The molecule has 1 aliphatic rings. The van der Waals surface area contributed by atoms with Gasteiger partial charge in [0, 0.05) is 13.1 Å². The summed E-state index contributed by atoms with van der Waals surface area (Å²) in [5.41, 5.74) is 0. The summed E-state index contributed by atoms with van der Waals surface area (Å²) in [6.07, 6.45) is 3.65. The van der Waals surface area contributed by atoms with E-state index < -0.39 is 0 Å². The van der Waals surface area contributed by atoms with Crippen molar-refractivity contribution < 1.29 is 4.84 Å². The van der Waals surface area contributed by atoms with Gasteiger partial charge in [0.25, 0.3) is 0 Å². The fourth-order valence-corrected chi connectivity index (χ4v) is 0.896. The molecular formula is C6H11N3O. The van der Waals surface area contributed by atoms with Crippen molar-refractivity contribution in [3.05, 3.63) is 12.8 Å². The fraction of sp³-hybridized carbons (Fsp3) is 0.667. The molecular weight excluding hydrogens is 130 g/mol. The summed E-state index contributed by atoms with van der Waals surface area (Å²) in [6.45, 7) is 5.31. The Morgan fingerprint density at radius 2 is 2.10 bits per heavy atom. The maximum absolute atomic E-state index is 4.48. The Balaban J connectivity index is 2.16. The third kappa shape index (κ3) is 2.05. The monoisotopic (exact) mass is 141 g/mol. The first kappa shape index (κ1) is 7.05. The van der Waals surface area contributed by atoms with Crippen LogP contribution in [0.4, 0.5) is 0 Å². The Hall–Kier alpha value is -1.06. The van der Waals surface area contributed by atoms with Crippen molar-refractivity contribution in [2.45, 2.75) is 12.8 Å². The van der Waals surface area contributed by atoms with Crippen LogP contribution in [0.1, 0.15) is 12.8 Å². The smallest absolute Gasteiger partial charge is 0.116 e. The van der Waals surface area contributed by atoms with Gasteiger partial charge in [-0.05, 0) is 18.1 Å². The highest BCUT2D eigenvalue weighted by atomic mass is 16.6. The van der Waals surface area contributed by atoms with Gasteiger partial charge in [-0.1, -0.05) is 6.58 Å². The summed E-state index contributed by atoms with van der Waals surface area (Å²) < 4.78 is 0. The summed E-state index contributed by atoms with van der Waals surface area (Å²) >= 11 is 0. The minimum absolute atomic E-state index is 0.990. The molecule has 0 unspecified atom stereocenters. The van der Waals surface area contributed by atoms with Gasteiger partial charge >= 0.3 is 0 Å². The second-order valence-electron chi connectivity index (χ2n) is 2.10. The van der Waals surface area contributed by atoms with Crippen LogP contribution >= 0.6 is 0 Å². The van der Waals surface area contributed by atoms with Crippen molar-refractivity contribution in [3.63, 3.8) is 0 Å². The van der Waals surface area contributed by atoms with Gasteiger partial charge in [-0.3, -0.25) is 5.01 Å². The molecule has 0 amide bonds. The highest BCUT2D eigenvalue weighted by Crippen LogP contribution is 2.07. The molecule has 1 heterocycles. The normalized spacial score (nSPS) is 18.2. The predicted molar refractivity (Wildman–Crippen MR) is 36.9 cm³/mol. The standard InChI is InChI=1S/C6H11N3O/c1-2-10-8-7-9-5-3-4-6-9/h2H,1,3-6H2. The maximum Gasteiger partial charge on any atom is 0.116 e. The van der Waals surface area contributed by atoms with E-state index in [-0.39, 0.29) is 0 Å². The Bertz CT molecular complexity index is 129. The molecule has 0 aliphatic carbocycles. The molecule has 1 saturated heterocycles. The second kappa shape index (κ2) is 3.87. The molecule has 4 heteroatoms. The van der Waals surface area contributed by atoms with Crippen LogP contribution in [0, 0.1) is 0 Å². The summed E-state index contributed by atoms with van der Waals surface area (Å²) in [5.74, 6) is 0. The SMILES string of the molecule is C=CON=NN1CCCC1. The van der Waals surface area contributed by atoms with Crippen molar-refractivity contribution in [2.24, 2.45) is 10.5 Å². The molecule has 56 valence electrons. The van der Waals surface area contributed by atoms with E-state index in [4.69, 9.17) is 0 Å². The summed E-state index contributed by atoms with van der Waals surface area (Å²) in [6, 6.07) is 0. The Labute approximate surface area is 60.1 Å². The van der Waals surface area contributed by atoms with Gasteiger partial charge in [0.05, 0.1) is 5.28 Å². The number of hydrogen-bond acceptors (Lipinski definition) is 3. The molecule has 1 rings (SSSR count). The molecule has 0 aromatic carbocycles. The van der Waals surface area contributed by atoms with Crippen LogP contribution in [0.25, 0.3) is 0 Å². The van der Waals surface area contributed by atoms with Crippen molar-refractivity contribution in [1.82, 2.24) is 5.01 Å². The second-order valence-corrected chi connectivity index (χ2v) is 2.10. The van der Waals surface area contributed by atoms with Crippen molar-refractivity contribution >= 4 is 0 Å². The predicted octanol–water partition coefficient (Wildman–Crippen LogP) is 1.52. The maximum atomic E-state index is 4.48. The Morgan fingerprint density at radius 3 is 2.70 bits per heavy atom. The van der Waals surface area contributed by atoms with Crippen LogP contribution in [0.5, 0.6) is 0 Å². The van der Waals surface area contributed by atoms with Crippen molar-refractivity contribution in [2.75, 3.05) is 13.1 Å². The Kier molecular flexibility index (Phi) is 2.73. The molecule has 0 radical (unpaired) electrons. The first-order valence-corrected chi connectivity index (χ1v) is 3.36. The van der Waals surface area contributed by atoms with Gasteiger partial charge in [-0.15, -0.1) is 0 Å². The van der Waals surface area contributed by atoms with Gasteiger partial charge in [-0.2, -0.15) is 0 Å². The minimum atomic E-state index is 0.990. The van der Waals surface area contributed by atoms with Crippen LogP contribution in [-0.4, -0.2) is 18.1 Å². The molecule has 0 aromatic heterocycles. The highest BCUT2D eigenvalue weighted by molar-refractivity contribution is 4.59. The van der Waals surface area contributed by atoms with Crippen LogP contribution < -0.4 is 0 Å². The first-order valence-electron chi connectivity index (χ1n) is 3.36. The molecule has 0 N–H and O–H groups in total. The van der Waals surface area contributed by atoms with Gasteiger partial charge in [0.1, 0.15) is 6.26 Å². The molecule has 1 aliphatic heterocycles.